The number of nitrogens with zero attached hydrogens (tertiary/aromatic N) is 6. The van der Waals surface area contributed by atoms with Gasteiger partial charge in [-0.2, -0.15) is 0 Å². The van der Waals surface area contributed by atoms with E-state index in [1.54, 1.807) is 48.6 Å². The number of hydrogen-bond donors (Lipinski definition) is 0. The van der Waals surface area contributed by atoms with Gasteiger partial charge in [-0.1, -0.05) is 30.3 Å². The van der Waals surface area contributed by atoms with Gasteiger partial charge in [-0.25, -0.2) is 4.98 Å². The smallest absolute Gasteiger partial charge is 0.281 e. The number of carbonyl (C=O) groups is 2. The van der Waals surface area contributed by atoms with E-state index in [1.807, 2.05) is 30.3 Å². The van der Waals surface area contributed by atoms with E-state index in [-0.39, 0.29) is 23.2 Å². The van der Waals surface area contributed by atoms with E-state index in [2.05, 4.69) is 20.2 Å². The first kappa shape index (κ1) is 17.9. The molecule has 0 atom stereocenters. The van der Waals surface area contributed by atoms with Crippen LogP contribution in [0.25, 0.3) is 0 Å². The lowest BCUT2D eigenvalue weighted by Gasteiger charge is -2.15. The normalized spacial score (nSPS) is 17.8. The van der Waals surface area contributed by atoms with Crippen molar-refractivity contribution >= 4 is 34.7 Å². The van der Waals surface area contributed by atoms with E-state index in [1.165, 1.54) is 4.90 Å². The molecular weight excluding hydrogens is 380 g/mol. The van der Waals surface area contributed by atoms with Gasteiger partial charge >= 0.3 is 0 Å². The van der Waals surface area contributed by atoms with E-state index in [4.69, 9.17) is 0 Å². The maximum Gasteiger partial charge on any atom is 0.281 e. The zero-order chi connectivity index (χ0) is 20.7. The summed E-state index contributed by atoms with van der Waals surface area (Å²) in [5.41, 5.74) is 2.93. The maximum absolute atomic E-state index is 13.1. The molecule has 2 aromatic heterocycles. The summed E-state index contributed by atoms with van der Waals surface area (Å²) >= 11 is 0. The number of benzene rings is 1. The van der Waals surface area contributed by atoms with Crippen molar-refractivity contribution in [1.82, 2.24) is 9.97 Å². The summed E-state index contributed by atoms with van der Waals surface area (Å²) in [4.78, 5) is 37.4. The highest BCUT2D eigenvalue weighted by atomic mass is 16.2. The molecule has 0 fully saturated rings. The second-order valence-electron chi connectivity index (χ2n) is 6.88. The van der Waals surface area contributed by atoms with E-state index < -0.39 is 0 Å². The fraction of sp³-hybridized carbons (Fsp3) is 0.0909. The molecule has 0 aliphatic carbocycles. The summed E-state index contributed by atoms with van der Waals surface area (Å²) in [5.74, 6) is -0.0957. The number of hydrogen-bond acceptors (Lipinski definition) is 6. The lowest BCUT2D eigenvalue weighted by atomic mass is 10.2. The third kappa shape index (κ3) is 2.77. The lowest BCUT2D eigenvalue weighted by molar-refractivity contribution is -0.113. The Hall–Kier alpha value is -4.20. The number of fused-ring (bicyclic) bond motifs is 2. The van der Waals surface area contributed by atoms with Gasteiger partial charge in [-0.05, 0) is 29.8 Å². The molecule has 4 heterocycles. The molecule has 0 spiro atoms. The minimum absolute atomic E-state index is 0.111. The average Bonchev–Trinajstić information content (AvgIpc) is 3.19. The molecule has 146 valence electrons. The van der Waals surface area contributed by atoms with Crippen LogP contribution in [-0.2, 0) is 16.1 Å². The molecule has 2 aliphatic heterocycles. The lowest BCUT2D eigenvalue weighted by Crippen LogP contribution is -2.30. The monoisotopic (exact) mass is 396 g/mol. The Morgan fingerprint density at radius 2 is 1.57 bits per heavy atom. The maximum atomic E-state index is 13.1. The van der Waals surface area contributed by atoms with Crippen LogP contribution in [0, 0.1) is 0 Å². The van der Waals surface area contributed by atoms with Crippen molar-refractivity contribution in [2.75, 3.05) is 16.8 Å². The van der Waals surface area contributed by atoms with Crippen molar-refractivity contribution < 1.29 is 9.59 Å². The number of likely N-dealkylation sites (N-methyl/N-ethyl adjacent to an activating group) is 1. The van der Waals surface area contributed by atoms with Crippen molar-refractivity contribution in [3.05, 3.63) is 83.8 Å². The van der Waals surface area contributed by atoms with Crippen molar-refractivity contribution in [1.29, 1.82) is 0 Å². The predicted octanol–water partition coefficient (Wildman–Crippen LogP) is 2.19. The molecule has 8 heteroatoms. The molecule has 2 aliphatic rings. The van der Waals surface area contributed by atoms with Gasteiger partial charge in [0.15, 0.2) is 11.4 Å². The van der Waals surface area contributed by atoms with Crippen LogP contribution < -0.4 is 9.80 Å². The zero-order valence-electron chi connectivity index (χ0n) is 16.1. The van der Waals surface area contributed by atoms with E-state index in [0.717, 1.165) is 5.56 Å². The van der Waals surface area contributed by atoms with Crippen LogP contribution in [0.15, 0.2) is 77.2 Å². The van der Waals surface area contributed by atoms with Gasteiger partial charge < -0.3 is 4.90 Å². The Kier molecular flexibility index (Phi) is 4.17. The summed E-state index contributed by atoms with van der Waals surface area (Å²) in [7, 11) is 1.65. The molecule has 0 saturated heterocycles. The quantitative estimate of drug-likeness (QED) is 0.635. The van der Waals surface area contributed by atoms with Gasteiger partial charge in [0.25, 0.3) is 11.8 Å². The highest BCUT2D eigenvalue weighted by Crippen LogP contribution is 2.29. The van der Waals surface area contributed by atoms with E-state index in [9.17, 15) is 9.59 Å². The SMILES string of the molecule is CN1C(=O)/C(=N\N=C2\C(=O)N(Cc3ccccc3)c3ncccc32)c2ncccc21. The molecule has 30 heavy (non-hydrogen) atoms. The molecular formula is C22H16N6O2. The Morgan fingerprint density at radius 3 is 2.40 bits per heavy atom. The summed E-state index contributed by atoms with van der Waals surface area (Å²) < 4.78 is 0. The standard InChI is InChI=1S/C22H16N6O2/c1-27-16-10-6-11-23-18(16)19(21(27)29)26-25-17-15-9-5-12-24-20(15)28(22(17)30)13-14-7-3-2-4-8-14/h2-12H,13H2,1H3/b25-17+,26-19-. The number of rotatable bonds is 3. The van der Waals surface area contributed by atoms with Crippen molar-refractivity contribution in [3.63, 3.8) is 0 Å². The Balaban J connectivity index is 1.55. The van der Waals surface area contributed by atoms with Gasteiger partial charge in [0.1, 0.15) is 11.5 Å². The fourth-order valence-corrected chi connectivity index (χ4v) is 3.56. The molecule has 0 unspecified atom stereocenters. The summed E-state index contributed by atoms with van der Waals surface area (Å²) in [6.45, 7) is 0.366. The first-order valence-corrected chi connectivity index (χ1v) is 9.35. The van der Waals surface area contributed by atoms with Crippen LogP contribution >= 0.6 is 0 Å². The van der Waals surface area contributed by atoms with Gasteiger partial charge in [0.2, 0.25) is 0 Å². The number of aromatic nitrogens is 2. The van der Waals surface area contributed by atoms with Gasteiger partial charge in [-0.15, -0.1) is 10.2 Å². The van der Waals surface area contributed by atoms with Crippen LogP contribution in [0.1, 0.15) is 16.8 Å². The number of amides is 2. The van der Waals surface area contributed by atoms with Crippen molar-refractivity contribution in [3.8, 4) is 0 Å². The molecule has 0 N–H and O–H groups in total. The highest BCUT2D eigenvalue weighted by Gasteiger charge is 2.36. The minimum atomic E-state index is -0.314. The summed E-state index contributed by atoms with van der Waals surface area (Å²) in [6, 6.07) is 16.7. The third-order valence-electron chi connectivity index (χ3n) is 5.06. The Bertz CT molecular complexity index is 1240. The molecule has 0 bridgehead atoms. The first-order chi connectivity index (χ1) is 14.6. The number of anilines is 2. The minimum Gasteiger partial charge on any atom is -0.308 e. The molecule has 0 radical (unpaired) electrons. The second kappa shape index (κ2) is 7.00. The first-order valence-electron chi connectivity index (χ1n) is 9.35. The molecule has 3 aromatic rings. The molecule has 8 nitrogen and oxygen atoms in total. The van der Waals surface area contributed by atoms with Crippen molar-refractivity contribution in [2.45, 2.75) is 6.54 Å². The van der Waals surface area contributed by atoms with Crippen LogP contribution in [0.2, 0.25) is 0 Å². The van der Waals surface area contributed by atoms with Crippen LogP contribution in [0.3, 0.4) is 0 Å². The molecule has 2 amide bonds. The second-order valence-corrected chi connectivity index (χ2v) is 6.88. The average molecular weight is 396 g/mol. The van der Waals surface area contributed by atoms with Gasteiger partial charge in [0.05, 0.1) is 17.8 Å². The third-order valence-corrected chi connectivity index (χ3v) is 5.06. The summed E-state index contributed by atoms with van der Waals surface area (Å²) in [5, 5.41) is 8.33. The highest BCUT2D eigenvalue weighted by molar-refractivity contribution is 6.55. The van der Waals surface area contributed by atoms with E-state index >= 15 is 0 Å². The molecule has 0 saturated carbocycles. The van der Waals surface area contributed by atoms with Crippen LogP contribution in [0.5, 0.6) is 0 Å². The molecule has 1 aromatic carbocycles. The van der Waals surface area contributed by atoms with Crippen LogP contribution in [0.4, 0.5) is 11.5 Å². The van der Waals surface area contributed by atoms with Gasteiger partial charge in [0, 0.05) is 19.4 Å². The number of carbonyl (C=O) groups excluding carboxylic acids is 2. The van der Waals surface area contributed by atoms with Crippen LogP contribution in [-0.4, -0.2) is 40.3 Å². The topological polar surface area (TPSA) is 91.1 Å². The zero-order valence-corrected chi connectivity index (χ0v) is 16.1. The Labute approximate surface area is 172 Å². The number of pyridine rings is 2. The predicted molar refractivity (Wildman–Crippen MR) is 113 cm³/mol. The Morgan fingerprint density at radius 1 is 0.833 bits per heavy atom. The largest absolute Gasteiger partial charge is 0.308 e. The molecule has 5 rings (SSSR count). The van der Waals surface area contributed by atoms with E-state index in [0.29, 0.717) is 29.3 Å². The van der Waals surface area contributed by atoms with Gasteiger partial charge in [-0.3, -0.25) is 19.5 Å². The summed E-state index contributed by atoms with van der Waals surface area (Å²) in [6.07, 6.45) is 3.23. The fourth-order valence-electron chi connectivity index (χ4n) is 3.56. The van der Waals surface area contributed by atoms with Crippen molar-refractivity contribution in [2.24, 2.45) is 10.2 Å².